The minimum Gasteiger partial charge on any atom is -0.467 e. The lowest BCUT2D eigenvalue weighted by Gasteiger charge is -2.02. The lowest BCUT2D eigenvalue weighted by Crippen LogP contribution is -2.23. The zero-order chi connectivity index (χ0) is 11.4. The number of rotatable bonds is 3. The van der Waals surface area contributed by atoms with E-state index in [0.29, 0.717) is 17.9 Å². The van der Waals surface area contributed by atoms with Crippen LogP contribution >= 0.6 is 0 Å². The molecule has 5 heteroatoms. The summed E-state index contributed by atoms with van der Waals surface area (Å²) in [6.45, 7) is 0.304. The van der Waals surface area contributed by atoms with Gasteiger partial charge < -0.3 is 14.7 Å². The summed E-state index contributed by atoms with van der Waals surface area (Å²) in [5.74, 6) is 0.362. The fourth-order valence-corrected chi connectivity index (χ4v) is 1.27. The van der Waals surface area contributed by atoms with Crippen LogP contribution in [0, 0.1) is 0 Å². The molecule has 16 heavy (non-hydrogen) atoms. The molecule has 0 aliphatic heterocycles. The zero-order valence-corrected chi connectivity index (χ0v) is 8.40. The van der Waals surface area contributed by atoms with E-state index in [1.54, 1.807) is 18.2 Å². The Morgan fingerprint density at radius 3 is 3.00 bits per heavy atom. The van der Waals surface area contributed by atoms with Gasteiger partial charge in [0.1, 0.15) is 5.76 Å². The van der Waals surface area contributed by atoms with Gasteiger partial charge in [-0.15, -0.1) is 0 Å². The van der Waals surface area contributed by atoms with Crippen LogP contribution in [0.25, 0.3) is 0 Å². The molecule has 0 unspecified atom stereocenters. The quantitative estimate of drug-likeness (QED) is 0.803. The molecule has 0 aliphatic carbocycles. The first-order valence-corrected chi connectivity index (χ1v) is 4.75. The van der Waals surface area contributed by atoms with Crippen LogP contribution in [0.5, 0.6) is 0 Å². The Balaban J connectivity index is 2.01. The fraction of sp³-hybridized carbons (Fsp3) is 0.0909. The number of carbonyl (C=O) groups is 1. The normalized spacial score (nSPS) is 10.0. The van der Waals surface area contributed by atoms with E-state index >= 15 is 0 Å². The van der Waals surface area contributed by atoms with Crippen LogP contribution in [0.15, 0.2) is 45.9 Å². The summed E-state index contributed by atoms with van der Waals surface area (Å²) in [4.78, 5) is 25.0. The van der Waals surface area contributed by atoms with E-state index < -0.39 is 0 Å². The number of hydrogen-bond donors (Lipinski definition) is 2. The van der Waals surface area contributed by atoms with Crippen molar-refractivity contribution in [3.63, 3.8) is 0 Å². The summed E-state index contributed by atoms with van der Waals surface area (Å²) < 4.78 is 5.06. The van der Waals surface area contributed by atoms with Crippen molar-refractivity contribution in [1.82, 2.24) is 10.3 Å². The van der Waals surface area contributed by atoms with Gasteiger partial charge in [-0.2, -0.15) is 0 Å². The van der Waals surface area contributed by atoms with E-state index in [2.05, 4.69) is 10.3 Å². The molecule has 2 heterocycles. The highest BCUT2D eigenvalue weighted by Crippen LogP contribution is 2.00. The highest BCUT2D eigenvalue weighted by molar-refractivity contribution is 5.93. The Hall–Kier alpha value is -2.30. The molecular weight excluding hydrogens is 208 g/mol. The first-order valence-electron chi connectivity index (χ1n) is 4.75. The van der Waals surface area contributed by atoms with Gasteiger partial charge in [-0.05, 0) is 18.2 Å². The summed E-state index contributed by atoms with van der Waals surface area (Å²) >= 11 is 0. The van der Waals surface area contributed by atoms with Crippen molar-refractivity contribution in [2.45, 2.75) is 6.54 Å². The number of amides is 1. The van der Waals surface area contributed by atoms with Crippen LogP contribution in [0.3, 0.4) is 0 Å². The number of aromatic nitrogens is 1. The van der Waals surface area contributed by atoms with Gasteiger partial charge >= 0.3 is 0 Å². The van der Waals surface area contributed by atoms with Crippen molar-refractivity contribution in [2.24, 2.45) is 0 Å². The van der Waals surface area contributed by atoms with Crippen LogP contribution in [0.4, 0.5) is 0 Å². The van der Waals surface area contributed by atoms with Crippen molar-refractivity contribution in [3.8, 4) is 0 Å². The topological polar surface area (TPSA) is 75.1 Å². The predicted molar refractivity (Wildman–Crippen MR) is 56.9 cm³/mol. The van der Waals surface area contributed by atoms with Gasteiger partial charge in [0.05, 0.1) is 12.8 Å². The summed E-state index contributed by atoms with van der Waals surface area (Å²) in [5, 5.41) is 2.64. The van der Waals surface area contributed by atoms with Gasteiger partial charge in [-0.1, -0.05) is 0 Å². The first kappa shape index (κ1) is 10.2. The Bertz CT molecular complexity index is 528. The molecule has 82 valence electrons. The largest absolute Gasteiger partial charge is 0.467 e. The number of H-pyrrole nitrogens is 1. The average Bonchev–Trinajstić information content (AvgIpc) is 2.78. The summed E-state index contributed by atoms with van der Waals surface area (Å²) in [5.41, 5.74) is 0.0287. The van der Waals surface area contributed by atoms with Crippen LogP contribution in [0.2, 0.25) is 0 Å². The maximum Gasteiger partial charge on any atom is 0.251 e. The Kier molecular flexibility index (Phi) is 2.86. The smallest absolute Gasteiger partial charge is 0.251 e. The highest BCUT2D eigenvalue weighted by Gasteiger charge is 2.05. The summed E-state index contributed by atoms with van der Waals surface area (Å²) in [6.07, 6.45) is 2.97. The molecule has 0 atom stereocenters. The zero-order valence-electron chi connectivity index (χ0n) is 8.40. The van der Waals surface area contributed by atoms with Crippen LogP contribution in [-0.2, 0) is 6.54 Å². The first-order chi connectivity index (χ1) is 7.75. The maximum atomic E-state index is 11.6. The maximum absolute atomic E-state index is 11.6. The van der Waals surface area contributed by atoms with Gasteiger partial charge in [0.15, 0.2) is 0 Å². The lowest BCUT2D eigenvalue weighted by molar-refractivity contribution is 0.0948. The van der Waals surface area contributed by atoms with Gasteiger partial charge in [0.2, 0.25) is 5.56 Å². The summed E-state index contributed by atoms with van der Waals surface area (Å²) in [6, 6.07) is 6.29. The molecule has 2 rings (SSSR count). The summed E-state index contributed by atoms with van der Waals surface area (Å²) in [7, 11) is 0. The molecule has 0 bridgehead atoms. The molecule has 5 nitrogen and oxygen atoms in total. The van der Waals surface area contributed by atoms with E-state index in [-0.39, 0.29) is 11.5 Å². The van der Waals surface area contributed by atoms with Gasteiger partial charge in [0.25, 0.3) is 5.91 Å². The molecule has 0 fully saturated rings. The van der Waals surface area contributed by atoms with Crippen molar-refractivity contribution >= 4 is 5.91 Å². The third-order valence-corrected chi connectivity index (χ3v) is 2.04. The SMILES string of the molecule is O=C(NCc1ccco1)c1cc[nH]c(=O)c1. The van der Waals surface area contributed by atoms with Crippen molar-refractivity contribution < 1.29 is 9.21 Å². The van der Waals surface area contributed by atoms with Crippen LogP contribution in [-0.4, -0.2) is 10.9 Å². The molecule has 0 radical (unpaired) electrons. The Morgan fingerprint density at radius 1 is 1.44 bits per heavy atom. The van der Waals surface area contributed by atoms with Gasteiger partial charge in [0, 0.05) is 17.8 Å². The molecule has 2 aromatic heterocycles. The van der Waals surface area contributed by atoms with Crippen molar-refractivity contribution in [2.75, 3.05) is 0 Å². The third-order valence-electron chi connectivity index (χ3n) is 2.04. The second-order valence-corrected chi connectivity index (χ2v) is 3.20. The second-order valence-electron chi connectivity index (χ2n) is 3.20. The lowest BCUT2D eigenvalue weighted by atomic mass is 10.2. The number of aromatic amines is 1. The molecule has 1 amide bonds. The molecule has 0 saturated carbocycles. The fourth-order valence-electron chi connectivity index (χ4n) is 1.27. The van der Waals surface area contributed by atoms with E-state index in [4.69, 9.17) is 4.42 Å². The number of carbonyl (C=O) groups excluding carboxylic acids is 1. The molecular formula is C11H10N2O3. The number of furan rings is 1. The monoisotopic (exact) mass is 218 g/mol. The average molecular weight is 218 g/mol. The molecule has 2 aromatic rings. The number of hydrogen-bond acceptors (Lipinski definition) is 3. The van der Waals surface area contributed by atoms with Gasteiger partial charge in [-0.25, -0.2) is 0 Å². The minimum absolute atomic E-state index is 0.300. The standard InChI is InChI=1S/C11H10N2O3/c14-10-6-8(3-4-12-10)11(15)13-7-9-2-1-5-16-9/h1-6H,7H2,(H,12,14)(H,13,15). The minimum atomic E-state index is -0.303. The molecule has 0 aromatic carbocycles. The molecule has 0 saturated heterocycles. The van der Waals surface area contributed by atoms with Crippen LogP contribution < -0.4 is 10.9 Å². The van der Waals surface area contributed by atoms with E-state index in [0.717, 1.165) is 0 Å². The van der Waals surface area contributed by atoms with Crippen molar-refractivity contribution in [1.29, 1.82) is 0 Å². The van der Waals surface area contributed by atoms with Crippen molar-refractivity contribution in [3.05, 3.63) is 58.4 Å². The Morgan fingerprint density at radius 2 is 2.31 bits per heavy atom. The number of nitrogens with one attached hydrogen (secondary N) is 2. The molecule has 0 spiro atoms. The highest BCUT2D eigenvalue weighted by atomic mass is 16.3. The number of pyridine rings is 1. The molecule has 0 aliphatic rings. The predicted octanol–water partition coefficient (Wildman–Crippen LogP) is 0.898. The van der Waals surface area contributed by atoms with E-state index in [1.165, 1.54) is 18.5 Å². The third kappa shape index (κ3) is 2.38. The second kappa shape index (κ2) is 4.48. The van der Waals surface area contributed by atoms with E-state index in [1.807, 2.05) is 0 Å². The van der Waals surface area contributed by atoms with Crippen LogP contribution in [0.1, 0.15) is 16.1 Å². The Labute approximate surface area is 91.1 Å². The molecule has 2 N–H and O–H groups in total. The van der Waals surface area contributed by atoms with E-state index in [9.17, 15) is 9.59 Å². The van der Waals surface area contributed by atoms with Gasteiger partial charge in [-0.3, -0.25) is 9.59 Å².